The second kappa shape index (κ2) is 9.81. The van der Waals surface area contributed by atoms with Crippen LogP contribution in [0.3, 0.4) is 0 Å². The number of benzene rings is 1. The number of carbonyl (C=O) groups is 3. The highest BCUT2D eigenvalue weighted by Gasteiger charge is 2.41. The Bertz CT molecular complexity index is 888. The molecule has 0 spiro atoms. The number of Topliss-reactive ketones (excluding diaryl/α,β-unsaturated/α-hetero) is 2. The summed E-state index contributed by atoms with van der Waals surface area (Å²) in [5, 5.41) is 0. The Balaban J connectivity index is 1.43. The van der Waals surface area contributed by atoms with Crippen LogP contribution in [0.25, 0.3) is 0 Å². The van der Waals surface area contributed by atoms with Gasteiger partial charge in [-0.05, 0) is 62.3 Å². The van der Waals surface area contributed by atoms with E-state index in [2.05, 4.69) is 0 Å². The zero-order valence-corrected chi connectivity index (χ0v) is 18.5. The van der Waals surface area contributed by atoms with Gasteiger partial charge >= 0.3 is 0 Å². The second-order valence-electron chi connectivity index (χ2n) is 8.02. The molecule has 31 heavy (non-hydrogen) atoms. The fourth-order valence-electron chi connectivity index (χ4n) is 4.09. The molecule has 0 saturated carbocycles. The second-order valence-corrected chi connectivity index (χ2v) is 8.02. The Labute approximate surface area is 182 Å². The molecule has 0 saturated heterocycles. The van der Waals surface area contributed by atoms with E-state index in [1.807, 2.05) is 0 Å². The molecule has 0 radical (unpaired) electrons. The summed E-state index contributed by atoms with van der Waals surface area (Å²) in [5.41, 5.74) is 1.79. The van der Waals surface area contributed by atoms with E-state index in [-0.39, 0.29) is 34.9 Å². The number of unbranched alkanes of at least 4 members (excludes halogenated alkanes) is 1. The van der Waals surface area contributed by atoms with Gasteiger partial charge in [-0.3, -0.25) is 14.4 Å². The zero-order chi connectivity index (χ0) is 22.5. The largest absolute Gasteiger partial charge is 0.494 e. The van der Waals surface area contributed by atoms with Crippen LogP contribution in [0.1, 0.15) is 42.5 Å². The lowest BCUT2D eigenvalue weighted by Crippen LogP contribution is -2.23. The van der Waals surface area contributed by atoms with Crippen molar-refractivity contribution in [1.82, 2.24) is 4.90 Å². The van der Waals surface area contributed by atoms with Crippen molar-refractivity contribution in [2.75, 3.05) is 34.9 Å². The van der Waals surface area contributed by atoms with E-state index in [1.54, 1.807) is 38.4 Å². The van der Waals surface area contributed by atoms with E-state index in [4.69, 9.17) is 14.2 Å². The van der Waals surface area contributed by atoms with E-state index < -0.39 is 0 Å². The van der Waals surface area contributed by atoms with Crippen molar-refractivity contribution >= 4 is 17.5 Å². The Morgan fingerprint density at radius 2 is 1.48 bits per heavy atom. The number of hydrogen-bond donors (Lipinski definition) is 0. The monoisotopic (exact) mass is 427 g/mol. The van der Waals surface area contributed by atoms with Crippen LogP contribution >= 0.6 is 0 Å². The van der Waals surface area contributed by atoms with E-state index in [0.29, 0.717) is 36.2 Å². The predicted molar refractivity (Wildman–Crippen MR) is 115 cm³/mol. The van der Waals surface area contributed by atoms with Crippen LogP contribution in [0.4, 0.5) is 0 Å². The highest BCUT2D eigenvalue weighted by molar-refractivity contribution is 6.24. The smallest absolute Gasteiger partial charge is 0.253 e. The van der Waals surface area contributed by atoms with Crippen molar-refractivity contribution in [1.29, 1.82) is 0 Å². The van der Waals surface area contributed by atoms with Crippen molar-refractivity contribution in [2.45, 2.75) is 32.1 Å². The number of hydrogen-bond acceptors (Lipinski definition) is 6. The molecule has 166 valence electrons. The lowest BCUT2D eigenvalue weighted by atomic mass is 9.94. The van der Waals surface area contributed by atoms with Crippen molar-refractivity contribution in [3.63, 3.8) is 0 Å². The van der Waals surface area contributed by atoms with E-state index >= 15 is 0 Å². The summed E-state index contributed by atoms with van der Waals surface area (Å²) in [4.78, 5) is 38.7. The van der Waals surface area contributed by atoms with Gasteiger partial charge in [0, 0.05) is 30.8 Å². The lowest BCUT2D eigenvalue weighted by Gasteiger charge is -2.17. The first-order chi connectivity index (χ1) is 14.9. The summed E-state index contributed by atoms with van der Waals surface area (Å²) in [5.74, 6) is 0.532. The molecule has 3 rings (SSSR count). The average molecular weight is 427 g/mol. The van der Waals surface area contributed by atoms with Gasteiger partial charge in [-0.15, -0.1) is 0 Å². The Hall–Kier alpha value is -3.09. The molecule has 0 N–H and O–H groups in total. The van der Waals surface area contributed by atoms with Gasteiger partial charge in [0.1, 0.15) is 5.75 Å². The molecule has 7 heteroatoms. The fourth-order valence-corrected chi connectivity index (χ4v) is 4.09. The molecule has 7 nitrogen and oxygen atoms in total. The number of carbonyl (C=O) groups excluding carboxylic acids is 3. The minimum Gasteiger partial charge on any atom is -0.494 e. The van der Waals surface area contributed by atoms with Gasteiger partial charge in [-0.1, -0.05) is 0 Å². The van der Waals surface area contributed by atoms with E-state index in [1.165, 1.54) is 19.1 Å². The van der Waals surface area contributed by atoms with Gasteiger partial charge in [0.2, 0.25) is 23.1 Å². The standard InChI is InChI=1S/C24H29NO6/c1-25(2)24(28)16-8-10-17(11-9-16)31-12-6-5-7-15-13-18-19(14-15)21(27)23(30-4)22(29-3)20(18)26/h8-11,15H,5-7,12-14H2,1-4H3. The molecule has 1 aromatic rings. The summed E-state index contributed by atoms with van der Waals surface area (Å²) < 4.78 is 16.0. The molecule has 0 fully saturated rings. The maximum absolute atomic E-state index is 12.6. The zero-order valence-electron chi connectivity index (χ0n) is 18.5. The van der Waals surface area contributed by atoms with Gasteiger partial charge < -0.3 is 19.1 Å². The van der Waals surface area contributed by atoms with E-state index in [9.17, 15) is 14.4 Å². The molecule has 0 atom stereocenters. The molecular formula is C24H29NO6. The molecule has 0 aromatic heterocycles. The van der Waals surface area contributed by atoms with Crippen LogP contribution in [0, 0.1) is 5.92 Å². The maximum Gasteiger partial charge on any atom is 0.253 e. The molecular weight excluding hydrogens is 398 g/mol. The SMILES string of the molecule is COC1=C(OC)C(=O)C2=C(CC(CCCCOc3ccc(C(=O)N(C)C)cc3)C2)C1=O. The number of ketones is 2. The number of nitrogens with zero attached hydrogens (tertiary/aromatic N) is 1. The Morgan fingerprint density at radius 1 is 0.935 bits per heavy atom. The Morgan fingerprint density at radius 3 is 1.97 bits per heavy atom. The third-order valence-corrected chi connectivity index (χ3v) is 5.71. The van der Waals surface area contributed by atoms with Crippen molar-refractivity contribution in [2.24, 2.45) is 5.92 Å². The lowest BCUT2D eigenvalue weighted by molar-refractivity contribution is -0.121. The third kappa shape index (κ3) is 4.81. The van der Waals surface area contributed by atoms with Gasteiger partial charge in [0.05, 0.1) is 20.8 Å². The van der Waals surface area contributed by atoms with Crippen LogP contribution in [0.5, 0.6) is 5.75 Å². The summed E-state index contributed by atoms with van der Waals surface area (Å²) in [6.07, 6.45) is 3.93. The molecule has 0 heterocycles. The minimum absolute atomic E-state index is 0.0126. The minimum atomic E-state index is -0.226. The first kappa shape index (κ1) is 22.6. The van der Waals surface area contributed by atoms with E-state index in [0.717, 1.165) is 25.0 Å². The molecule has 0 aliphatic heterocycles. The summed E-state index contributed by atoms with van der Waals surface area (Å²) in [6.45, 7) is 0.571. The van der Waals surface area contributed by atoms with Gasteiger partial charge in [0.25, 0.3) is 5.91 Å². The quantitative estimate of drug-likeness (QED) is 0.444. The predicted octanol–water partition coefficient (Wildman–Crippen LogP) is 3.30. The number of methoxy groups -OCH3 is 2. The number of rotatable bonds is 9. The topological polar surface area (TPSA) is 82.1 Å². The van der Waals surface area contributed by atoms with Crippen LogP contribution < -0.4 is 4.74 Å². The normalized spacial score (nSPS) is 16.5. The fraction of sp³-hybridized carbons (Fsp3) is 0.458. The molecule has 0 unspecified atom stereocenters. The molecule has 0 bridgehead atoms. The summed E-state index contributed by atoms with van der Waals surface area (Å²) in [6, 6.07) is 7.13. The maximum atomic E-state index is 12.6. The van der Waals surface area contributed by atoms with Crippen molar-refractivity contribution in [3.05, 3.63) is 52.5 Å². The number of ether oxygens (including phenoxy) is 3. The Kier molecular flexibility index (Phi) is 7.15. The molecule has 2 aliphatic rings. The summed E-state index contributed by atoms with van der Waals surface area (Å²) >= 11 is 0. The highest BCUT2D eigenvalue weighted by atomic mass is 16.5. The number of allylic oxidation sites excluding steroid dienone is 2. The van der Waals surface area contributed by atoms with Crippen LogP contribution in [-0.2, 0) is 19.1 Å². The third-order valence-electron chi connectivity index (χ3n) is 5.71. The highest BCUT2D eigenvalue weighted by Crippen LogP contribution is 2.41. The van der Waals surface area contributed by atoms with Crippen LogP contribution in [0.2, 0.25) is 0 Å². The van der Waals surface area contributed by atoms with Crippen molar-refractivity contribution in [3.8, 4) is 5.75 Å². The van der Waals surface area contributed by atoms with Gasteiger partial charge in [-0.25, -0.2) is 0 Å². The number of amides is 1. The summed E-state index contributed by atoms with van der Waals surface area (Å²) in [7, 11) is 6.20. The van der Waals surface area contributed by atoms with Gasteiger partial charge in [-0.2, -0.15) is 0 Å². The molecule has 1 aromatic carbocycles. The van der Waals surface area contributed by atoms with Crippen molar-refractivity contribution < 1.29 is 28.6 Å². The van der Waals surface area contributed by atoms with Crippen LogP contribution in [-0.4, -0.2) is 57.3 Å². The first-order valence-corrected chi connectivity index (χ1v) is 10.5. The first-order valence-electron chi connectivity index (χ1n) is 10.5. The van der Waals surface area contributed by atoms with Gasteiger partial charge in [0.15, 0.2) is 0 Å². The molecule has 1 amide bonds. The molecule has 2 aliphatic carbocycles. The average Bonchev–Trinajstić information content (AvgIpc) is 3.20. The van der Waals surface area contributed by atoms with Crippen LogP contribution in [0.15, 0.2) is 46.9 Å².